The van der Waals surface area contributed by atoms with Crippen molar-refractivity contribution in [2.75, 3.05) is 44.2 Å². The van der Waals surface area contributed by atoms with E-state index in [1.165, 1.54) is 18.2 Å². The molecule has 0 amide bonds. The summed E-state index contributed by atoms with van der Waals surface area (Å²) in [6, 6.07) is 5.63. The summed E-state index contributed by atoms with van der Waals surface area (Å²) in [6.07, 6.45) is -1.70. The first-order valence-electron chi connectivity index (χ1n) is 9.57. The Morgan fingerprint density at radius 2 is 1.90 bits per heavy atom. The monoisotopic (exact) mass is 437 g/mol. The fraction of sp³-hybridized carbons (Fsp3) is 0.350. The molecular weight excluding hydrogens is 418 g/mol. The summed E-state index contributed by atoms with van der Waals surface area (Å²) in [7, 11) is 0. The molecule has 1 aliphatic rings. The Hall–Kier alpha value is -3.21. The van der Waals surface area contributed by atoms with Crippen LogP contribution in [-0.2, 0) is 0 Å². The van der Waals surface area contributed by atoms with Crippen LogP contribution in [0.3, 0.4) is 0 Å². The molecule has 7 nitrogen and oxygen atoms in total. The number of nitrogens with zero attached hydrogens (tertiary/aromatic N) is 4. The molecule has 4 rings (SSSR count). The van der Waals surface area contributed by atoms with Crippen LogP contribution in [0.15, 0.2) is 36.8 Å². The number of H-pyrrole nitrogens is 1. The molecule has 0 aliphatic carbocycles. The van der Waals surface area contributed by atoms with Crippen LogP contribution in [0.2, 0.25) is 0 Å². The van der Waals surface area contributed by atoms with Gasteiger partial charge in [-0.2, -0.15) is 13.2 Å². The van der Waals surface area contributed by atoms with Gasteiger partial charge in [-0.25, -0.2) is 14.4 Å². The lowest BCUT2D eigenvalue weighted by Gasteiger charge is -2.35. The molecule has 1 N–H and O–H groups in total. The largest absolute Gasteiger partial charge is 0.468 e. The molecule has 1 aliphatic heterocycles. The maximum atomic E-state index is 13.5. The van der Waals surface area contributed by atoms with Gasteiger partial charge in [-0.15, -0.1) is 0 Å². The second kappa shape index (κ2) is 8.50. The number of hydrogen-bond donors (Lipinski definition) is 1. The van der Waals surface area contributed by atoms with Crippen LogP contribution in [0.25, 0.3) is 10.9 Å². The molecule has 1 aromatic carbocycles. The number of anilines is 1. The number of aromatic nitrogens is 3. The molecule has 3 aromatic rings. The number of hydrogen-bond acceptors (Lipinski definition) is 6. The molecule has 31 heavy (non-hydrogen) atoms. The number of alkyl halides is 3. The zero-order valence-corrected chi connectivity index (χ0v) is 16.3. The van der Waals surface area contributed by atoms with Crippen molar-refractivity contribution in [2.24, 2.45) is 0 Å². The van der Waals surface area contributed by atoms with Crippen molar-refractivity contribution < 1.29 is 27.1 Å². The molecule has 0 saturated carbocycles. The van der Waals surface area contributed by atoms with Gasteiger partial charge in [0.2, 0.25) is 5.88 Å². The van der Waals surface area contributed by atoms with Crippen molar-refractivity contribution in [3.8, 4) is 5.88 Å². The Morgan fingerprint density at radius 1 is 1.13 bits per heavy atom. The highest BCUT2D eigenvalue weighted by Crippen LogP contribution is 2.22. The maximum absolute atomic E-state index is 13.5. The quantitative estimate of drug-likeness (QED) is 0.472. The topological polar surface area (TPSA) is 74.3 Å². The number of benzene rings is 1. The standard InChI is InChI=1S/C20H19F4N5O2/c21-13-1-2-16-14(7-13)15(9-25-16)17(30)10-28-3-5-29(6-4-28)18-8-19(27-12-26-18)31-11-20(22,23)24/h1-2,7-9,12,25H,3-6,10-11H2. The number of Topliss-reactive ketones (excluding diaryl/α,β-unsaturated/α-hetero) is 1. The summed E-state index contributed by atoms with van der Waals surface area (Å²) in [4.78, 5) is 27.4. The molecular formula is C20H19F4N5O2. The van der Waals surface area contributed by atoms with Crippen LogP contribution < -0.4 is 9.64 Å². The van der Waals surface area contributed by atoms with E-state index in [1.807, 2.05) is 9.80 Å². The van der Waals surface area contributed by atoms with Crippen LogP contribution in [0.1, 0.15) is 10.4 Å². The zero-order chi connectivity index (χ0) is 22.0. The maximum Gasteiger partial charge on any atom is 0.422 e. The second-order valence-electron chi connectivity index (χ2n) is 7.20. The number of halogens is 4. The number of carbonyl (C=O) groups excluding carboxylic acids is 1. The molecule has 2 aromatic heterocycles. The minimum atomic E-state index is -4.44. The fourth-order valence-corrected chi connectivity index (χ4v) is 3.48. The molecule has 0 bridgehead atoms. The summed E-state index contributed by atoms with van der Waals surface area (Å²) < 4.78 is 55.2. The minimum absolute atomic E-state index is 0.116. The van der Waals surface area contributed by atoms with Crippen LogP contribution in [0, 0.1) is 5.82 Å². The molecule has 0 spiro atoms. The highest BCUT2D eigenvalue weighted by Gasteiger charge is 2.29. The highest BCUT2D eigenvalue weighted by molar-refractivity contribution is 6.08. The van der Waals surface area contributed by atoms with E-state index in [0.717, 1.165) is 6.33 Å². The van der Waals surface area contributed by atoms with Gasteiger partial charge in [0.05, 0.1) is 6.54 Å². The van der Waals surface area contributed by atoms with Crippen molar-refractivity contribution in [1.29, 1.82) is 0 Å². The minimum Gasteiger partial charge on any atom is -0.468 e. The third-order valence-corrected chi connectivity index (χ3v) is 5.02. The van der Waals surface area contributed by atoms with E-state index in [1.54, 1.807) is 12.3 Å². The van der Waals surface area contributed by atoms with Gasteiger partial charge < -0.3 is 14.6 Å². The fourth-order valence-electron chi connectivity index (χ4n) is 3.48. The van der Waals surface area contributed by atoms with Crippen LogP contribution in [-0.4, -0.2) is 71.1 Å². The summed E-state index contributed by atoms with van der Waals surface area (Å²) in [5.41, 5.74) is 1.14. The average molecular weight is 437 g/mol. The summed E-state index contributed by atoms with van der Waals surface area (Å²) in [6.45, 7) is 0.950. The molecule has 0 radical (unpaired) electrons. The predicted octanol–water partition coefficient (Wildman–Crippen LogP) is 3.04. The first kappa shape index (κ1) is 21.0. The lowest BCUT2D eigenvalue weighted by Crippen LogP contribution is -2.48. The smallest absolute Gasteiger partial charge is 0.422 e. The van der Waals surface area contributed by atoms with Gasteiger partial charge in [-0.05, 0) is 18.2 Å². The predicted molar refractivity (Wildman–Crippen MR) is 105 cm³/mol. The number of carbonyl (C=O) groups is 1. The number of piperazine rings is 1. The van der Waals surface area contributed by atoms with Crippen LogP contribution in [0.5, 0.6) is 5.88 Å². The van der Waals surface area contributed by atoms with Gasteiger partial charge in [0, 0.05) is 54.9 Å². The first-order chi connectivity index (χ1) is 14.8. The summed E-state index contributed by atoms with van der Waals surface area (Å²) in [5.74, 6) is -0.204. The van der Waals surface area contributed by atoms with Gasteiger partial charge in [0.15, 0.2) is 12.4 Å². The van der Waals surface area contributed by atoms with Crippen molar-refractivity contribution in [1.82, 2.24) is 19.9 Å². The van der Waals surface area contributed by atoms with Gasteiger partial charge in [0.1, 0.15) is 18.0 Å². The van der Waals surface area contributed by atoms with Crippen molar-refractivity contribution in [3.63, 3.8) is 0 Å². The molecule has 3 heterocycles. The lowest BCUT2D eigenvalue weighted by molar-refractivity contribution is -0.154. The van der Waals surface area contributed by atoms with E-state index >= 15 is 0 Å². The van der Waals surface area contributed by atoms with E-state index < -0.39 is 18.6 Å². The molecule has 164 valence electrons. The van der Waals surface area contributed by atoms with E-state index in [2.05, 4.69) is 19.7 Å². The number of rotatable bonds is 6. The van der Waals surface area contributed by atoms with Gasteiger partial charge in [-0.1, -0.05) is 0 Å². The number of aromatic amines is 1. The van der Waals surface area contributed by atoms with E-state index in [9.17, 15) is 22.4 Å². The molecule has 11 heteroatoms. The first-order valence-corrected chi connectivity index (χ1v) is 9.57. The van der Waals surface area contributed by atoms with Crippen molar-refractivity contribution in [3.05, 3.63) is 48.2 Å². The van der Waals surface area contributed by atoms with E-state index in [4.69, 9.17) is 0 Å². The molecule has 1 saturated heterocycles. The number of ketones is 1. The Bertz CT molecular complexity index is 1080. The second-order valence-corrected chi connectivity index (χ2v) is 7.20. The summed E-state index contributed by atoms with van der Waals surface area (Å²) in [5, 5.41) is 0.552. The zero-order valence-electron chi connectivity index (χ0n) is 16.3. The Labute approximate surface area is 174 Å². The lowest BCUT2D eigenvalue weighted by atomic mass is 10.1. The van der Waals surface area contributed by atoms with Gasteiger partial charge >= 0.3 is 6.18 Å². The SMILES string of the molecule is O=C(CN1CCN(c2cc(OCC(F)(F)F)ncn2)CC1)c1c[nH]c2ccc(F)cc12. The van der Waals surface area contributed by atoms with E-state index in [-0.39, 0.29) is 18.2 Å². The summed E-state index contributed by atoms with van der Waals surface area (Å²) >= 11 is 0. The Morgan fingerprint density at radius 3 is 2.65 bits per heavy atom. The molecule has 0 atom stereocenters. The van der Waals surface area contributed by atoms with Crippen LogP contribution in [0.4, 0.5) is 23.4 Å². The van der Waals surface area contributed by atoms with Gasteiger partial charge in [-0.3, -0.25) is 9.69 Å². The molecule has 0 unspecified atom stereocenters. The number of ether oxygens (including phenoxy) is 1. The molecule has 1 fully saturated rings. The average Bonchev–Trinajstić information content (AvgIpc) is 3.16. The normalized spacial score (nSPS) is 15.4. The van der Waals surface area contributed by atoms with Gasteiger partial charge in [0.25, 0.3) is 0 Å². The van der Waals surface area contributed by atoms with Crippen molar-refractivity contribution >= 4 is 22.5 Å². The highest BCUT2D eigenvalue weighted by atomic mass is 19.4. The third-order valence-electron chi connectivity index (χ3n) is 5.02. The number of fused-ring (bicyclic) bond motifs is 1. The Kier molecular flexibility index (Phi) is 5.77. The van der Waals surface area contributed by atoms with Crippen molar-refractivity contribution in [2.45, 2.75) is 6.18 Å². The third kappa shape index (κ3) is 5.10. The number of nitrogens with one attached hydrogen (secondary N) is 1. The van der Waals surface area contributed by atoms with Crippen LogP contribution >= 0.6 is 0 Å². The Balaban J connectivity index is 1.34. The van der Waals surface area contributed by atoms with E-state index in [0.29, 0.717) is 48.5 Å².